The Hall–Kier alpha value is -1.89. The molecule has 0 radical (unpaired) electrons. The summed E-state index contributed by atoms with van der Waals surface area (Å²) in [4.78, 5) is 23.7. The Morgan fingerprint density at radius 3 is 2.88 bits per heavy atom. The molecule has 0 aromatic carbocycles. The highest BCUT2D eigenvalue weighted by Crippen LogP contribution is 2.40. The first-order valence-corrected chi connectivity index (χ1v) is 9.21. The second kappa shape index (κ2) is 7.56. The molecule has 0 spiro atoms. The van der Waals surface area contributed by atoms with Crippen molar-refractivity contribution in [3.8, 4) is 0 Å². The van der Waals surface area contributed by atoms with E-state index in [9.17, 15) is 4.79 Å². The van der Waals surface area contributed by atoms with Gasteiger partial charge in [0.05, 0.1) is 24.9 Å². The van der Waals surface area contributed by atoms with Crippen LogP contribution in [0.2, 0.25) is 0 Å². The van der Waals surface area contributed by atoms with Gasteiger partial charge < -0.3 is 20.3 Å². The highest BCUT2D eigenvalue weighted by molar-refractivity contribution is 5.74. The van der Waals surface area contributed by atoms with Crippen molar-refractivity contribution < 1.29 is 9.53 Å². The highest BCUT2D eigenvalue weighted by atomic mass is 16.5. The summed E-state index contributed by atoms with van der Waals surface area (Å²) < 4.78 is 5.41. The van der Waals surface area contributed by atoms with E-state index in [0.29, 0.717) is 19.8 Å². The van der Waals surface area contributed by atoms with Crippen molar-refractivity contribution in [1.29, 1.82) is 0 Å². The summed E-state index contributed by atoms with van der Waals surface area (Å²) in [5, 5.41) is 5.99. The third-order valence-corrected chi connectivity index (χ3v) is 4.80. The zero-order chi connectivity index (χ0) is 17.9. The molecule has 1 fully saturated rings. The minimum atomic E-state index is -0.118. The number of carbonyl (C=O) groups is 1. The van der Waals surface area contributed by atoms with Gasteiger partial charge in [-0.15, -0.1) is 0 Å². The molecule has 25 heavy (non-hydrogen) atoms. The van der Waals surface area contributed by atoms with Gasteiger partial charge in [-0.25, -0.2) is 14.8 Å². The van der Waals surface area contributed by atoms with E-state index in [0.717, 1.165) is 49.6 Å². The van der Waals surface area contributed by atoms with Crippen molar-refractivity contribution in [3.05, 3.63) is 17.5 Å². The van der Waals surface area contributed by atoms with Crippen LogP contribution in [-0.2, 0) is 11.2 Å². The first-order chi connectivity index (χ1) is 12.0. The van der Waals surface area contributed by atoms with E-state index >= 15 is 0 Å². The summed E-state index contributed by atoms with van der Waals surface area (Å²) in [7, 11) is 0. The summed E-state index contributed by atoms with van der Waals surface area (Å²) >= 11 is 0. The second-order valence-corrected chi connectivity index (χ2v) is 7.67. The zero-order valence-electron chi connectivity index (χ0n) is 15.5. The molecule has 3 rings (SSSR count). The summed E-state index contributed by atoms with van der Waals surface area (Å²) in [5.74, 6) is 0.772. The number of nitrogens with zero attached hydrogens (tertiary/aromatic N) is 3. The molecule has 1 aromatic rings. The van der Waals surface area contributed by atoms with Crippen molar-refractivity contribution in [2.24, 2.45) is 5.41 Å². The van der Waals surface area contributed by atoms with Gasteiger partial charge in [-0.2, -0.15) is 0 Å². The number of hydrogen-bond donors (Lipinski definition) is 2. The Morgan fingerprint density at radius 2 is 2.16 bits per heavy atom. The number of nitrogens with one attached hydrogen (secondary N) is 2. The maximum atomic E-state index is 12.1. The lowest BCUT2D eigenvalue weighted by atomic mass is 9.74. The Morgan fingerprint density at radius 1 is 1.40 bits per heavy atom. The number of carbonyl (C=O) groups excluding carboxylic acids is 1. The maximum absolute atomic E-state index is 12.1. The summed E-state index contributed by atoms with van der Waals surface area (Å²) in [6.07, 6.45) is 4.61. The van der Waals surface area contributed by atoms with Gasteiger partial charge >= 0.3 is 6.03 Å². The largest absolute Gasteiger partial charge is 0.378 e. The fourth-order valence-corrected chi connectivity index (χ4v) is 3.53. The van der Waals surface area contributed by atoms with E-state index < -0.39 is 0 Å². The van der Waals surface area contributed by atoms with Crippen LogP contribution in [0.5, 0.6) is 0 Å². The van der Waals surface area contributed by atoms with E-state index in [1.165, 1.54) is 0 Å². The molecule has 2 amide bonds. The summed E-state index contributed by atoms with van der Waals surface area (Å²) in [5.41, 5.74) is 2.18. The second-order valence-electron chi connectivity index (χ2n) is 7.67. The minimum Gasteiger partial charge on any atom is -0.378 e. The van der Waals surface area contributed by atoms with Crippen LogP contribution < -0.4 is 15.5 Å². The van der Waals surface area contributed by atoms with Gasteiger partial charge in [0.15, 0.2) is 0 Å². The molecular weight excluding hydrogens is 318 g/mol. The third-order valence-electron chi connectivity index (χ3n) is 4.80. The fraction of sp³-hybridized carbons (Fsp3) is 0.722. The summed E-state index contributed by atoms with van der Waals surface area (Å²) in [6, 6.07) is -0.165. The minimum absolute atomic E-state index is 0.0469. The van der Waals surface area contributed by atoms with Crippen LogP contribution in [-0.4, -0.2) is 48.8 Å². The zero-order valence-corrected chi connectivity index (χ0v) is 15.5. The number of aromatic nitrogens is 2. The van der Waals surface area contributed by atoms with Gasteiger partial charge in [0.25, 0.3) is 0 Å². The Balaban J connectivity index is 1.80. The average Bonchev–Trinajstić information content (AvgIpc) is 2.59. The Bertz CT molecular complexity index is 613. The smallest absolute Gasteiger partial charge is 0.315 e. The van der Waals surface area contributed by atoms with Crippen LogP contribution >= 0.6 is 0 Å². The molecule has 1 atom stereocenters. The predicted octanol–water partition coefficient (Wildman–Crippen LogP) is 2.04. The Kier molecular flexibility index (Phi) is 5.42. The topological polar surface area (TPSA) is 79.4 Å². The number of rotatable bonds is 4. The normalized spacial score (nSPS) is 22.2. The molecule has 0 saturated carbocycles. The van der Waals surface area contributed by atoms with E-state index in [2.05, 4.69) is 34.4 Å². The SMILES string of the molecule is CCCNC(=O)N[C@@H]1CC(C)(C)Cc2nc(N3CCOCC3)ncc21. The molecule has 0 bridgehead atoms. The van der Waals surface area contributed by atoms with E-state index in [-0.39, 0.29) is 17.5 Å². The molecule has 1 saturated heterocycles. The number of anilines is 1. The lowest BCUT2D eigenvalue weighted by Gasteiger charge is -2.37. The van der Waals surface area contributed by atoms with Crippen LogP contribution in [0.3, 0.4) is 0 Å². The van der Waals surface area contributed by atoms with Crippen molar-refractivity contribution in [2.45, 2.75) is 46.1 Å². The fourth-order valence-electron chi connectivity index (χ4n) is 3.53. The van der Waals surface area contributed by atoms with Gasteiger partial charge in [0, 0.05) is 31.4 Å². The highest BCUT2D eigenvalue weighted by Gasteiger charge is 2.35. The first kappa shape index (κ1) is 17.9. The predicted molar refractivity (Wildman–Crippen MR) is 96.7 cm³/mol. The van der Waals surface area contributed by atoms with Crippen LogP contribution in [0.15, 0.2) is 6.20 Å². The van der Waals surface area contributed by atoms with Crippen LogP contribution in [0.25, 0.3) is 0 Å². The maximum Gasteiger partial charge on any atom is 0.315 e. The van der Waals surface area contributed by atoms with Gasteiger partial charge in [-0.1, -0.05) is 20.8 Å². The Labute approximate surface area is 149 Å². The van der Waals surface area contributed by atoms with Crippen molar-refractivity contribution in [2.75, 3.05) is 37.7 Å². The summed E-state index contributed by atoms with van der Waals surface area (Å²) in [6.45, 7) is 10.3. The van der Waals surface area contributed by atoms with Gasteiger partial charge in [-0.3, -0.25) is 0 Å². The van der Waals surface area contributed by atoms with Gasteiger partial charge in [-0.05, 0) is 24.7 Å². The number of amides is 2. The number of ether oxygens (including phenoxy) is 1. The number of hydrogen-bond acceptors (Lipinski definition) is 5. The molecule has 7 heteroatoms. The monoisotopic (exact) mass is 347 g/mol. The lowest BCUT2D eigenvalue weighted by molar-refractivity contribution is 0.122. The molecule has 138 valence electrons. The quantitative estimate of drug-likeness (QED) is 0.871. The molecule has 2 aliphatic rings. The molecule has 2 heterocycles. The molecule has 7 nitrogen and oxygen atoms in total. The van der Waals surface area contributed by atoms with Gasteiger partial charge in [0.1, 0.15) is 0 Å². The number of urea groups is 1. The van der Waals surface area contributed by atoms with Crippen LogP contribution in [0.4, 0.5) is 10.7 Å². The van der Waals surface area contributed by atoms with Crippen molar-refractivity contribution in [3.63, 3.8) is 0 Å². The van der Waals surface area contributed by atoms with Crippen LogP contribution in [0.1, 0.15) is 50.9 Å². The van der Waals surface area contributed by atoms with E-state index in [4.69, 9.17) is 9.72 Å². The molecule has 1 aliphatic heterocycles. The van der Waals surface area contributed by atoms with E-state index in [1.807, 2.05) is 13.1 Å². The van der Waals surface area contributed by atoms with Gasteiger partial charge in [0.2, 0.25) is 5.95 Å². The molecular formula is C18H29N5O2. The average molecular weight is 347 g/mol. The first-order valence-electron chi connectivity index (χ1n) is 9.21. The van der Waals surface area contributed by atoms with Crippen molar-refractivity contribution >= 4 is 12.0 Å². The molecule has 1 aromatic heterocycles. The van der Waals surface area contributed by atoms with Crippen LogP contribution in [0, 0.1) is 5.41 Å². The lowest BCUT2D eigenvalue weighted by Crippen LogP contribution is -2.43. The third kappa shape index (κ3) is 4.39. The molecule has 0 unspecified atom stereocenters. The number of fused-ring (bicyclic) bond motifs is 1. The molecule has 1 aliphatic carbocycles. The van der Waals surface area contributed by atoms with E-state index in [1.54, 1.807) is 0 Å². The number of morpholine rings is 1. The van der Waals surface area contributed by atoms with Crippen molar-refractivity contribution in [1.82, 2.24) is 20.6 Å². The standard InChI is InChI=1S/C18H29N5O2/c1-4-5-19-17(24)22-15-11-18(2,3)10-14-13(15)12-20-16(21-14)23-6-8-25-9-7-23/h12,15H,4-11H2,1-3H3,(H2,19,22,24)/t15-/m1/s1. The molecule has 2 N–H and O–H groups in total.